The van der Waals surface area contributed by atoms with Gasteiger partial charge in [-0.2, -0.15) is 0 Å². The Morgan fingerprint density at radius 2 is 1.38 bits per heavy atom. The molecule has 0 spiro atoms. The van der Waals surface area contributed by atoms with Crippen LogP contribution in [0.4, 0.5) is 0 Å². The topological polar surface area (TPSA) is 80.3 Å². The van der Waals surface area contributed by atoms with Gasteiger partial charge in [0, 0.05) is 0 Å². The molecule has 4 nitrogen and oxygen atoms in total. The van der Waals surface area contributed by atoms with Crippen LogP contribution >= 0.6 is 0 Å². The third-order valence-corrected chi connectivity index (χ3v) is 1.88. The standard InChI is InChI=1S/C10H10O4.2Li/c1-6-2-4-7(5-3-6)8(9(11)12)10(13)14;;/h2-5,8H,1H3,(H,11,12)(H,13,14);;/q;2*+1/p-2. The maximum absolute atomic E-state index is 10.5. The Morgan fingerprint density at radius 3 is 1.69 bits per heavy atom. The normalized spacial score (nSPS) is 8.88. The molecule has 0 aliphatic heterocycles. The Balaban J connectivity index is 0. The number of benzene rings is 1. The first-order valence-electron chi connectivity index (χ1n) is 4.00. The van der Waals surface area contributed by atoms with E-state index in [1.807, 2.05) is 6.92 Å². The first kappa shape index (κ1) is 17.7. The van der Waals surface area contributed by atoms with E-state index in [0.29, 0.717) is 0 Å². The summed E-state index contributed by atoms with van der Waals surface area (Å²) in [7, 11) is 0. The number of carbonyl (C=O) groups excluding carboxylic acids is 2. The van der Waals surface area contributed by atoms with Gasteiger partial charge in [-0.1, -0.05) is 29.8 Å². The van der Waals surface area contributed by atoms with Gasteiger partial charge in [-0.05, 0) is 12.5 Å². The predicted molar refractivity (Wildman–Crippen MR) is 43.9 cm³/mol. The maximum Gasteiger partial charge on any atom is 1.00 e. The van der Waals surface area contributed by atoms with Gasteiger partial charge in [0.15, 0.2) is 0 Å². The molecule has 74 valence electrons. The maximum atomic E-state index is 10.5. The molecular weight excluding hydrogens is 198 g/mol. The molecule has 0 radical (unpaired) electrons. The number of carbonyl (C=O) groups is 2. The van der Waals surface area contributed by atoms with E-state index in [0.717, 1.165) is 5.56 Å². The van der Waals surface area contributed by atoms with Crippen molar-refractivity contribution in [3.63, 3.8) is 0 Å². The SMILES string of the molecule is Cc1ccc(C(C(=O)[O-])C(=O)[O-])cc1.[Li+].[Li+]. The van der Waals surface area contributed by atoms with Crippen LogP contribution < -0.4 is 47.9 Å². The summed E-state index contributed by atoms with van der Waals surface area (Å²) >= 11 is 0. The van der Waals surface area contributed by atoms with Gasteiger partial charge < -0.3 is 19.8 Å². The summed E-state index contributed by atoms with van der Waals surface area (Å²) in [4.78, 5) is 21.0. The quantitative estimate of drug-likeness (QED) is 0.363. The zero-order chi connectivity index (χ0) is 10.7. The molecule has 0 fully saturated rings. The molecule has 6 heteroatoms. The third kappa shape index (κ3) is 4.47. The van der Waals surface area contributed by atoms with Crippen LogP contribution in [0.1, 0.15) is 17.0 Å². The number of hydrogen-bond donors (Lipinski definition) is 0. The molecule has 16 heavy (non-hydrogen) atoms. The van der Waals surface area contributed by atoms with Crippen LogP contribution in [0.2, 0.25) is 0 Å². The van der Waals surface area contributed by atoms with Crippen LogP contribution in [0, 0.1) is 6.92 Å². The van der Waals surface area contributed by atoms with E-state index >= 15 is 0 Å². The van der Waals surface area contributed by atoms with Gasteiger partial charge in [0.2, 0.25) is 0 Å². The van der Waals surface area contributed by atoms with Gasteiger partial charge in [0.05, 0.1) is 17.9 Å². The van der Waals surface area contributed by atoms with Crippen molar-refractivity contribution in [2.24, 2.45) is 0 Å². The van der Waals surface area contributed by atoms with Crippen molar-refractivity contribution in [1.82, 2.24) is 0 Å². The number of aryl methyl sites for hydroxylation is 1. The average Bonchev–Trinajstić information content (AvgIpc) is 2.07. The van der Waals surface area contributed by atoms with Crippen LogP contribution in [-0.2, 0) is 9.59 Å². The van der Waals surface area contributed by atoms with Crippen molar-refractivity contribution < 1.29 is 57.5 Å². The summed E-state index contributed by atoms with van der Waals surface area (Å²) in [6, 6.07) is 6.14. The Hall–Kier alpha value is -0.645. The molecule has 0 unspecified atom stereocenters. The molecule has 0 amide bonds. The van der Waals surface area contributed by atoms with E-state index in [4.69, 9.17) is 0 Å². The van der Waals surface area contributed by atoms with E-state index in [9.17, 15) is 19.8 Å². The molecule has 0 saturated heterocycles. The largest absolute Gasteiger partial charge is 1.00 e. The monoisotopic (exact) mass is 206 g/mol. The van der Waals surface area contributed by atoms with Gasteiger partial charge in [-0.25, -0.2) is 0 Å². The van der Waals surface area contributed by atoms with Crippen LogP contribution in [0.15, 0.2) is 24.3 Å². The number of carboxylic acids is 2. The second-order valence-electron chi connectivity index (χ2n) is 2.98. The summed E-state index contributed by atoms with van der Waals surface area (Å²) in [6.45, 7) is 1.82. The van der Waals surface area contributed by atoms with E-state index in [1.54, 1.807) is 12.1 Å². The van der Waals surface area contributed by atoms with E-state index in [2.05, 4.69) is 0 Å². The fourth-order valence-corrected chi connectivity index (χ4v) is 1.13. The Morgan fingerprint density at radius 1 is 1.00 bits per heavy atom. The number of rotatable bonds is 3. The Bertz CT molecular complexity index is 348. The number of hydrogen-bond acceptors (Lipinski definition) is 4. The van der Waals surface area contributed by atoms with Gasteiger partial charge in [-0.15, -0.1) is 0 Å². The minimum Gasteiger partial charge on any atom is -0.549 e. The smallest absolute Gasteiger partial charge is 0.549 e. The summed E-state index contributed by atoms with van der Waals surface area (Å²) in [6.07, 6.45) is 0. The molecule has 0 heterocycles. The fraction of sp³-hybridized carbons (Fsp3) is 0.200. The molecule has 1 aromatic carbocycles. The zero-order valence-electron chi connectivity index (χ0n) is 9.52. The van der Waals surface area contributed by atoms with Gasteiger partial charge >= 0.3 is 37.7 Å². The van der Waals surface area contributed by atoms with Gasteiger partial charge in [0.25, 0.3) is 0 Å². The molecule has 0 atom stereocenters. The fourth-order valence-electron chi connectivity index (χ4n) is 1.13. The number of carboxylic acid groups (broad SMARTS) is 2. The first-order chi connectivity index (χ1) is 6.52. The van der Waals surface area contributed by atoms with E-state index in [-0.39, 0.29) is 43.3 Å². The van der Waals surface area contributed by atoms with Crippen LogP contribution in [0.3, 0.4) is 0 Å². The molecule has 0 bridgehead atoms. The summed E-state index contributed by atoms with van der Waals surface area (Å²) < 4.78 is 0. The van der Waals surface area contributed by atoms with Crippen molar-refractivity contribution in [3.8, 4) is 0 Å². The summed E-state index contributed by atoms with van der Waals surface area (Å²) in [5, 5.41) is 21.0. The molecule has 0 aliphatic carbocycles. The molecule has 0 aromatic heterocycles. The Labute approximate surface area is 117 Å². The van der Waals surface area contributed by atoms with Crippen molar-refractivity contribution in [2.75, 3.05) is 0 Å². The predicted octanol–water partition coefficient (Wildman–Crippen LogP) is -7.41. The summed E-state index contributed by atoms with van der Waals surface area (Å²) in [5.74, 6) is -5.02. The minimum atomic E-state index is -1.70. The summed E-state index contributed by atoms with van der Waals surface area (Å²) in [5.41, 5.74) is 1.08. The first-order valence-corrected chi connectivity index (χ1v) is 4.00. The van der Waals surface area contributed by atoms with Crippen molar-refractivity contribution >= 4 is 11.9 Å². The molecule has 1 aromatic rings. The van der Waals surface area contributed by atoms with Gasteiger partial charge in [-0.3, -0.25) is 0 Å². The molecule has 0 saturated carbocycles. The average molecular weight is 206 g/mol. The van der Waals surface area contributed by atoms with Crippen LogP contribution in [-0.4, -0.2) is 11.9 Å². The third-order valence-electron chi connectivity index (χ3n) is 1.88. The molecule has 0 aliphatic rings. The van der Waals surface area contributed by atoms with Crippen molar-refractivity contribution in [1.29, 1.82) is 0 Å². The van der Waals surface area contributed by atoms with Crippen molar-refractivity contribution in [3.05, 3.63) is 35.4 Å². The second kappa shape index (κ2) is 7.60. The minimum absolute atomic E-state index is 0. The van der Waals surface area contributed by atoms with Crippen molar-refractivity contribution in [2.45, 2.75) is 12.8 Å². The molecule has 1 rings (SSSR count). The van der Waals surface area contributed by atoms with Crippen LogP contribution in [0.5, 0.6) is 0 Å². The zero-order valence-corrected chi connectivity index (χ0v) is 9.52. The second-order valence-corrected chi connectivity index (χ2v) is 2.98. The van der Waals surface area contributed by atoms with Crippen LogP contribution in [0.25, 0.3) is 0 Å². The van der Waals surface area contributed by atoms with Gasteiger partial charge in [0.1, 0.15) is 0 Å². The van der Waals surface area contributed by atoms with E-state index in [1.165, 1.54) is 12.1 Å². The van der Waals surface area contributed by atoms with E-state index < -0.39 is 17.9 Å². The molecule has 0 N–H and O–H groups in total. The molecular formula is C10H8Li2O4. The number of aliphatic carboxylic acids is 2. The Kier molecular flexibility index (Phi) is 8.43.